The number of aliphatic imine (C=N–C) groups is 1. The highest BCUT2D eigenvalue weighted by atomic mass is 16.5. The Bertz CT molecular complexity index is 526. The topological polar surface area (TPSA) is 61.8 Å². The molecule has 0 atom stereocenters. The molecule has 0 radical (unpaired) electrons. The molecule has 0 aromatic carbocycles. The van der Waals surface area contributed by atoms with Crippen LogP contribution in [0.2, 0.25) is 0 Å². The fraction of sp³-hybridized carbons (Fsp3) is 0.684. The molecule has 0 aliphatic carbocycles. The minimum atomic E-state index is 0.487. The molecule has 0 bridgehead atoms. The number of methoxy groups -OCH3 is 1. The van der Waals surface area contributed by atoms with Gasteiger partial charge in [0.25, 0.3) is 0 Å². The predicted molar refractivity (Wildman–Crippen MR) is 103 cm³/mol. The first-order valence-electron chi connectivity index (χ1n) is 9.39. The molecule has 1 aromatic heterocycles. The zero-order chi connectivity index (χ0) is 17.9. The summed E-state index contributed by atoms with van der Waals surface area (Å²) < 4.78 is 5.14. The molecule has 6 nitrogen and oxygen atoms in total. The van der Waals surface area contributed by atoms with Crippen LogP contribution in [-0.4, -0.2) is 61.8 Å². The minimum Gasteiger partial charge on any atom is -0.385 e. The van der Waals surface area contributed by atoms with Crippen LogP contribution in [0.25, 0.3) is 0 Å². The first-order valence-corrected chi connectivity index (χ1v) is 9.39. The fourth-order valence-corrected chi connectivity index (χ4v) is 3.08. The number of likely N-dealkylation sites (tertiary alicyclic amines) is 1. The van der Waals surface area contributed by atoms with Gasteiger partial charge in [-0.05, 0) is 44.7 Å². The van der Waals surface area contributed by atoms with Crippen LogP contribution in [0.15, 0.2) is 23.3 Å². The Balaban J connectivity index is 1.81. The van der Waals surface area contributed by atoms with E-state index in [0.717, 1.165) is 63.7 Å². The Hall–Kier alpha value is -1.66. The van der Waals surface area contributed by atoms with Crippen molar-refractivity contribution in [2.45, 2.75) is 45.7 Å². The highest BCUT2D eigenvalue weighted by molar-refractivity contribution is 5.80. The summed E-state index contributed by atoms with van der Waals surface area (Å²) in [5, 5.41) is 6.95. The number of piperidine rings is 1. The number of guanidine groups is 1. The third-order valence-corrected chi connectivity index (χ3v) is 4.60. The van der Waals surface area contributed by atoms with Gasteiger partial charge in [-0.15, -0.1) is 0 Å². The van der Waals surface area contributed by atoms with Gasteiger partial charge in [0.05, 0.1) is 12.2 Å². The van der Waals surface area contributed by atoms with Gasteiger partial charge < -0.3 is 20.3 Å². The Morgan fingerprint density at radius 1 is 1.40 bits per heavy atom. The highest BCUT2D eigenvalue weighted by Gasteiger charge is 2.19. The molecular weight excluding hydrogens is 314 g/mol. The quantitative estimate of drug-likeness (QED) is 0.428. The summed E-state index contributed by atoms with van der Waals surface area (Å²) in [7, 11) is 1.77. The van der Waals surface area contributed by atoms with Crippen molar-refractivity contribution in [1.29, 1.82) is 0 Å². The number of ether oxygens (including phenoxy) is 1. The van der Waals surface area contributed by atoms with Crippen molar-refractivity contribution >= 4 is 5.96 Å². The van der Waals surface area contributed by atoms with Gasteiger partial charge in [0.1, 0.15) is 0 Å². The summed E-state index contributed by atoms with van der Waals surface area (Å²) >= 11 is 0. The summed E-state index contributed by atoms with van der Waals surface area (Å²) in [6, 6.07) is 4.53. The van der Waals surface area contributed by atoms with Gasteiger partial charge in [0.15, 0.2) is 5.96 Å². The van der Waals surface area contributed by atoms with E-state index in [1.165, 1.54) is 5.56 Å². The van der Waals surface area contributed by atoms with Gasteiger partial charge in [0, 0.05) is 52.1 Å². The number of aromatic nitrogens is 1. The molecule has 0 unspecified atom stereocenters. The molecular formula is C19H33N5O. The smallest absolute Gasteiger partial charge is 0.191 e. The number of nitrogens with one attached hydrogen (secondary N) is 2. The average Bonchev–Trinajstić information content (AvgIpc) is 2.63. The molecule has 6 heteroatoms. The molecule has 2 N–H and O–H groups in total. The fourth-order valence-electron chi connectivity index (χ4n) is 3.08. The van der Waals surface area contributed by atoms with Crippen LogP contribution in [0.1, 0.15) is 37.4 Å². The summed E-state index contributed by atoms with van der Waals surface area (Å²) in [6.45, 7) is 9.91. The number of hydrogen-bond acceptors (Lipinski definition) is 4. The number of aryl methyl sites for hydroxylation is 1. The van der Waals surface area contributed by atoms with Gasteiger partial charge in [-0.1, -0.05) is 6.07 Å². The lowest BCUT2D eigenvalue weighted by molar-refractivity contribution is 0.155. The average molecular weight is 348 g/mol. The molecule has 1 aliphatic heterocycles. The number of rotatable bonds is 8. The maximum absolute atomic E-state index is 5.14. The van der Waals surface area contributed by atoms with Crippen molar-refractivity contribution in [3.8, 4) is 0 Å². The van der Waals surface area contributed by atoms with Crippen LogP contribution in [0.4, 0.5) is 0 Å². The standard InChI is InChI=1S/C19H33N5O/c1-4-20-19(22-15-18-16(2)7-5-10-21-18)23-17-8-12-24(13-9-17)11-6-14-25-3/h5,7,10,17H,4,6,8-9,11-15H2,1-3H3,(H2,20,22,23). The van der Waals surface area contributed by atoms with Crippen molar-refractivity contribution < 1.29 is 4.74 Å². The van der Waals surface area contributed by atoms with Crippen molar-refractivity contribution in [3.63, 3.8) is 0 Å². The molecule has 2 rings (SSSR count). The van der Waals surface area contributed by atoms with Crippen LogP contribution in [-0.2, 0) is 11.3 Å². The van der Waals surface area contributed by atoms with E-state index in [-0.39, 0.29) is 0 Å². The Labute approximate surface area is 152 Å². The molecule has 0 spiro atoms. The third kappa shape index (κ3) is 7.00. The van der Waals surface area contributed by atoms with Crippen molar-refractivity contribution in [2.75, 3.05) is 39.9 Å². The second-order valence-corrected chi connectivity index (χ2v) is 6.57. The van der Waals surface area contributed by atoms with Crippen molar-refractivity contribution in [3.05, 3.63) is 29.6 Å². The zero-order valence-corrected chi connectivity index (χ0v) is 15.9. The predicted octanol–water partition coefficient (Wildman–Crippen LogP) is 1.95. The maximum Gasteiger partial charge on any atom is 0.191 e. The molecule has 0 saturated carbocycles. The zero-order valence-electron chi connectivity index (χ0n) is 15.9. The largest absolute Gasteiger partial charge is 0.385 e. The summed E-state index contributed by atoms with van der Waals surface area (Å²) in [6.07, 6.45) is 5.25. The third-order valence-electron chi connectivity index (χ3n) is 4.60. The minimum absolute atomic E-state index is 0.487. The molecule has 0 amide bonds. The SMILES string of the molecule is CCNC(=NCc1ncccc1C)NC1CCN(CCCOC)CC1. The molecule has 1 saturated heterocycles. The van der Waals surface area contributed by atoms with Crippen LogP contribution in [0.3, 0.4) is 0 Å². The molecule has 25 heavy (non-hydrogen) atoms. The first kappa shape index (κ1) is 19.7. The Morgan fingerprint density at radius 3 is 2.88 bits per heavy atom. The maximum atomic E-state index is 5.14. The molecule has 1 fully saturated rings. The van der Waals surface area contributed by atoms with Gasteiger partial charge in [-0.25, -0.2) is 4.99 Å². The van der Waals surface area contributed by atoms with Crippen LogP contribution < -0.4 is 10.6 Å². The summed E-state index contributed by atoms with van der Waals surface area (Å²) in [4.78, 5) is 11.7. The Kier molecular flexibility index (Phi) is 8.69. The van der Waals surface area contributed by atoms with Gasteiger partial charge in [-0.2, -0.15) is 0 Å². The molecule has 1 aliphatic rings. The second-order valence-electron chi connectivity index (χ2n) is 6.57. The monoisotopic (exact) mass is 347 g/mol. The van der Waals surface area contributed by atoms with Crippen molar-refractivity contribution in [2.24, 2.45) is 4.99 Å². The number of pyridine rings is 1. The van der Waals surface area contributed by atoms with Crippen LogP contribution in [0, 0.1) is 6.92 Å². The summed E-state index contributed by atoms with van der Waals surface area (Å²) in [5.41, 5.74) is 2.22. The lowest BCUT2D eigenvalue weighted by Gasteiger charge is -2.33. The second kappa shape index (κ2) is 11.1. The lowest BCUT2D eigenvalue weighted by atomic mass is 10.1. The van der Waals surface area contributed by atoms with Crippen LogP contribution in [0.5, 0.6) is 0 Å². The normalized spacial score (nSPS) is 16.8. The van der Waals surface area contributed by atoms with Gasteiger partial charge in [-0.3, -0.25) is 4.98 Å². The lowest BCUT2D eigenvalue weighted by Crippen LogP contribution is -2.48. The molecule has 1 aromatic rings. The number of hydrogen-bond donors (Lipinski definition) is 2. The van der Waals surface area contributed by atoms with Gasteiger partial charge in [0.2, 0.25) is 0 Å². The van der Waals surface area contributed by atoms with E-state index in [1.807, 2.05) is 12.3 Å². The number of nitrogens with zero attached hydrogens (tertiary/aromatic N) is 3. The van der Waals surface area contributed by atoms with E-state index in [1.54, 1.807) is 7.11 Å². The molecule has 140 valence electrons. The van der Waals surface area contributed by atoms with E-state index in [0.29, 0.717) is 12.6 Å². The van der Waals surface area contributed by atoms with E-state index in [2.05, 4.69) is 40.4 Å². The van der Waals surface area contributed by atoms with Gasteiger partial charge >= 0.3 is 0 Å². The highest BCUT2D eigenvalue weighted by Crippen LogP contribution is 2.11. The van der Waals surface area contributed by atoms with Crippen LogP contribution >= 0.6 is 0 Å². The van der Waals surface area contributed by atoms with Crippen molar-refractivity contribution in [1.82, 2.24) is 20.5 Å². The summed E-state index contributed by atoms with van der Waals surface area (Å²) in [5.74, 6) is 0.894. The van der Waals surface area contributed by atoms with E-state index < -0.39 is 0 Å². The van der Waals surface area contributed by atoms with E-state index in [4.69, 9.17) is 9.73 Å². The van der Waals surface area contributed by atoms with E-state index >= 15 is 0 Å². The Morgan fingerprint density at radius 2 is 2.20 bits per heavy atom. The van der Waals surface area contributed by atoms with E-state index in [9.17, 15) is 0 Å². The molecule has 2 heterocycles. The first-order chi connectivity index (χ1) is 12.2.